The molecule has 2 N–H and O–H groups in total. The van der Waals surface area contributed by atoms with E-state index in [4.69, 9.17) is 0 Å². The molecule has 0 aromatic carbocycles. The minimum Gasteiger partial charge on any atom is -0.374 e. The first-order valence-electron chi connectivity index (χ1n) is 4.44. The van der Waals surface area contributed by atoms with Gasteiger partial charge >= 0.3 is 0 Å². The molecular formula is C8H16F2N2O2. The Bertz CT molecular complexity index is 156. The molecule has 0 aliphatic heterocycles. The molecule has 4 nitrogen and oxygen atoms in total. The first kappa shape index (κ1) is 13.2. The number of halogens is 2. The number of alkyl halides is 2. The monoisotopic (exact) mass is 210 g/mol. The third-order valence-electron chi connectivity index (χ3n) is 1.34. The largest absolute Gasteiger partial charge is 0.374 e. The second-order valence-corrected chi connectivity index (χ2v) is 2.70. The maximum absolute atomic E-state index is 11.6. The highest BCUT2D eigenvalue weighted by Gasteiger charge is 2.00. The standard InChI is InChI=1S/C8H16F2N2O2/c1-7(13)12-3-2-11-4-5-14-6-8(9)10/h8,11H,2-6H2,1H3,(H,12,13). The molecule has 0 atom stereocenters. The Kier molecular flexibility index (Phi) is 8.36. The van der Waals surface area contributed by atoms with Gasteiger partial charge in [0.15, 0.2) is 0 Å². The van der Waals surface area contributed by atoms with Crippen LogP contribution in [0.5, 0.6) is 0 Å². The van der Waals surface area contributed by atoms with E-state index in [1.807, 2.05) is 0 Å². The molecule has 0 aliphatic carbocycles. The van der Waals surface area contributed by atoms with E-state index in [9.17, 15) is 13.6 Å². The van der Waals surface area contributed by atoms with Crippen LogP contribution in [0.1, 0.15) is 6.92 Å². The molecule has 0 radical (unpaired) electrons. The molecule has 0 spiro atoms. The first-order chi connectivity index (χ1) is 6.63. The van der Waals surface area contributed by atoms with Gasteiger partial charge in [-0.2, -0.15) is 0 Å². The van der Waals surface area contributed by atoms with E-state index >= 15 is 0 Å². The quantitative estimate of drug-likeness (QED) is 0.554. The first-order valence-corrected chi connectivity index (χ1v) is 4.44. The topological polar surface area (TPSA) is 50.4 Å². The maximum atomic E-state index is 11.6. The Labute approximate surface area is 82.0 Å². The predicted molar refractivity (Wildman–Crippen MR) is 48.4 cm³/mol. The van der Waals surface area contributed by atoms with Crippen LogP contribution >= 0.6 is 0 Å². The van der Waals surface area contributed by atoms with E-state index < -0.39 is 13.0 Å². The van der Waals surface area contributed by atoms with Crippen LogP contribution < -0.4 is 10.6 Å². The Morgan fingerprint density at radius 2 is 2.07 bits per heavy atom. The van der Waals surface area contributed by atoms with Crippen molar-refractivity contribution in [3.63, 3.8) is 0 Å². The minimum absolute atomic E-state index is 0.0826. The molecule has 1 amide bonds. The zero-order chi connectivity index (χ0) is 10.8. The minimum atomic E-state index is -2.41. The van der Waals surface area contributed by atoms with Crippen LogP contribution in [0.3, 0.4) is 0 Å². The number of rotatable bonds is 8. The molecule has 0 saturated carbocycles. The lowest BCUT2D eigenvalue weighted by molar-refractivity contribution is -0.118. The van der Waals surface area contributed by atoms with Gasteiger partial charge in [0.2, 0.25) is 5.91 Å². The van der Waals surface area contributed by atoms with E-state index in [2.05, 4.69) is 15.4 Å². The van der Waals surface area contributed by atoms with E-state index in [0.717, 1.165) is 0 Å². The zero-order valence-corrected chi connectivity index (χ0v) is 8.19. The van der Waals surface area contributed by atoms with Gasteiger partial charge in [0.1, 0.15) is 6.61 Å². The van der Waals surface area contributed by atoms with Crippen LogP contribution in [0, 0.1) is 0 Å². The highest BCUT2D eigenvalue weighted by molar-refractivity contribution is 5.72. The smallest absolute Gasteiger partial charge is 0.261 e. The Hall–Kier alpha value is -0.750. The van der Waals surface area contributed by atoms with Crippen molar-refractivity contribution in [2.75, 3.05) is 32.8 Å². The van der Waals surface area contributed by atoms with Gasteiger partial charge in [-0.1, -0.05) is 0 Å². The summed E-state index contributed by atoms with van der Waals surface area (Å²) in [6, 6.07) is 0. The summed E-state index contributed by atoms with van der Waals surface area (Å²) in [6.07, 6.45) is -2.41. The summed E-state index contributed by atoms with van der Waals surface area (Å²) in [5.41, 5.74) is 0. The van der Waals surface area contributed by atoms with Gasteiger partial charge in [-0.3, -0.25) is 4.79 Å². The molecule has 0 heterocycles. The molecule has 0 fully saturated rings. The lowest BCUT2D eigenvalue weighted by atomic mass is 10.5. The van der Waals surface area contributed by atoms with E-state index in [1.54, 1.807) is 0 Å². The maximum Gasteiger partial charge on any atom is 0.261 e. The molecule has 14 heavy (non-hydrogen) atoms. The summed E-state index contributed by atoms with van der Waals surface area (Å²) in [7, 11) is 0. The fourth-order valence-corrected chi connectivity index (χ4v) is 0.769. The summed E-state index contributed by atoms with van der Waals surface area (Å²) in [6.45, 7) is 2.82. The second-order valence-electron chi connectivity index (χ2n) is 2.70. The molecule has 0 bridgehead atoms. The summed E-state index contributed by atoms with van der Waals surface area (Å²) in [4.78, 5) is 10.4. The van der Waals surface area contributed by atoms with Gasteiger partial charge in [-0.25, -0.2) is 8.78 Å². The van der Waals surface area contributed by atoms with Crippen molar-refractivity contribution in [1.29, 1.82) is 0 Å². The number of nitrogens with one attached hydrogen (secondary N) is 2. The molecule has 0 unspecified atom stereocenters. The van der Waals surface area contributed by atoms with Crippen molar-refractivity contribution in [2.45, 2.75) is 13.3 Å². The Morgan fingerprint density at radius 1 is 1.36 bits per heavy atom. The lowest BCUT2D eigenvalue weighted by Gasteiger charge is -2.05. The fraction of sp³-hybridized carbons (Fsp3) is 0.875. The fourth-order valence-electron chi connectivity index (χ4n) is 0.769. The summed E-state index contributed by atoms with van der Waals surface area (Å²) >= 11 is 0. The highest BCUT2D eigenvalue weighted by atomic mass is 19.3. The van der Waals surface area contributed by atoms with Crippen molar-refractivity contribution in [3.05, 3.63) is 0 Å². The van der Waals surface area contributed by atoms with Crippen molar-refractivity contribution in [2.24, 2.45) is 0 Å². The molecule has 0 saturated heterocycles. The summed E-state index contributed by atoms with van der Waals surface area (Å²) in [5.74, 6) is -0.0826. The SMILES string of the molecule is CC(=O)NCCNCCOCC(F)F. The highest BCUT2D eigenvalue weighted by Crippen LogP contribution is 1.90. The lowest BCUT2D eigenvalue weighted by Crippen LogP contribution is -2.32. The predicted octanol–water partition coefficient (Wildman–Crippen LogP) is -0.00620. The van der Waals surface area contributed by atoms with Gasteiger partial charge in [0.25, 0.3) is 6.43 Å². The second kappa shape index (κ2) is 8.83. The van der Waals surface area contributed by atoms with Crippen molar-refractivity contribution in [3.8, 4) is 0 Å². The summed E-state index contributed by atoms with van der Waals surface area (Å²) in [5, 5.41) is 5.52. The number of amides is 1. The van der Waals surface area contributed by atoms with Crippen molar-refractivity contribution in [1.82, 2.24) is 10.6 Å². The normalized spacial score (nSPS) is 10.6. The van der Waals surface area contributed by atoms with Gasteiger partial charge < -0.3 is 15.4 Å². The third-order valence-corrected chi connectivity index (χ3v) is 1.34. The number of hydrogen-bond acceptors (Lipinski definition) is 3. The third kappa shape index (κ3) is 11.2. The number of ether oxygens (including phenoxy) is 1. The van der Waals surface area contributed by atoms with Crippen LogP contribution in [0.2, 0.25) is 0 Å². The van der Waals surface area contributed by atoms with Crippen molar-refractivity contribution >= 4 is 5.91 Å². The van der Waals surface area contributed by atoms with Crippen LogP contribution in [0.15, 0.2) is 0 Å². The molecule has 0 aromatic rings. The van der Waals surface area contributed by atoms with E-state index in [0.29, 0.717) is 19.6 Å². The summed E-state index contributed by atoms with van der Waals surface area (Å²) < 4.78 is 27.7. The number of hydrogen-bond donors (Lipinski definition) is 2. The van der Waals surface area contributed by atoms with Crippen LogP contribution in [-0.4, -0.2) is 45.2 Å². The van der Waals surface area contributed by atoms with Crippen LogP contribution in [-0.2, 0) is 9.53 Å². The molecular weight excluding hydrogens is 194 g/mol. The zero-order valence-electron chi connectivity index (χ0n) is 8.19. The van der Waals surface area contributed by atoms with Crippen LogP contribution in [0.4, 0.5) is 8.78 Å². The average molecular weight is 210 g/mol. The van der Waals surface area contributed by atoms with Gasteiger partial charge in [-0.05, 0) is 0 Å². The van der Waals surface area contributed by atoms with Crippen molar-refractivity contribution < 1.29 is 18.3 Å². The molecule has 0 rings (SSSR count). The van der Waals surface area contributed by atoms with E-state index in [-0.39, 0.29) is 12.5 Å². The molecule has 0 aliphatic rings. The molecule has 0 aromatic heterocycles. The Morgan fingerprint density at radius 3 is 2.64 bits per heavy atom. The van der Waals surface area contributed by atoms with Gasteiger partial charge in [0.05, 0.1) is 6.61 Å². The number of carbonyl (C=O) groups is 1. The number of carbonyl (C=O) groups excluding carboxylic acids is 1. The van der Waals surface area contributed by atoms with E-state index in [1.165, 1.54) is 6.92 Å². The van der Waals surface area contributed by atoms with Crippen LogP contribution in [0.25, 0.3) is 0 Å². The van der Waals surface area contributed by atoms with Gasteiger partial charge in [0, 0.05) is 26.6 Å². The average Bonchev–Trinajstić information content (AvgIpc) is 2.08. The Balaban J connectivity index is 2.96. The molecule has 6 heteroatoms. The van der Waals surface area contributed by atoms with Gasteiger partial charge in [-0.15, -0.1) is 0 Å². The molecule has 84 valence electrons.